The summed E-state index contributed by atoms with van der Waals surface area (Å²) in [6.45, 7) is 6.32. The highest BCUT2D eigenvalue weighted by Gasteiger charge is 2.42. The van der Waals surface area contributed by atoms with Crippen molar-refractivity contribution in [2.45, 2.75) is 58.4 Å². The molecule has 0 bridgehead atoms. The summed E-state index contributed by atoms with van der Waals surface area (Å²) in [7, 11) is 0. The second-order valence-corrected chi connectivity index (χ2v) is 6.62. The topological polar surface area (TPSA) is 114 Å². The largest absolute Gasteiger partial charge is 0.455 e. The van der Waals surface area contributed by atoms with Crippen molar-refractivity contribution in [1.82, 2.24) is 4.90 Å². The van der Waals surface area contributed by atoms with Gasteiger partial charge in [-0.3, -0.25) is 15.0 Å². The summed E-state index contributed by atoms with van der Waals surface area (Å²) in [6, 6.07) is -1.04. The van der Waals surface area contributed by atoms with Crippen LogP contribution in [-0.2, 0) is 19.1 Å². The van der Waals surface area contributed by atoms with Crippen molar-refractivity contribution in [1.29, 1.82) is 5.41 Å². The van der Waals surface area contributed by atoms with E-state index in [1.807, 2.05) is 0 Å². The van der Waals surface area contributed by atoms with Crippen LogP contribution in [0, 0.1) is 11.3 Å². The first kappa shape index (κ1) is 19.1. The van der Waals surface area contributed by atoms with Gasteiger partial charge in [-0.15, -0.1) is 0 Å². The number of alkyl halides is 1. The van der Waals surface area contributed by atoms with Gasteiger partial charge < -0.3 is 15.4 Å². The zero-order chi connectivity index (χ0) is 17.9. The first-order valence-electron chi connectivity index (χ1n) is 7.53. The third kappa shape index (κ3) is 4.74. The summed E-state index contributed by atoms with van der Waals surface area (Å²) in [5.41, 5.74) is 3.91. The van der Waals surface area contributed by atoms with Gasteiger partial charge in [0, 0.05) is 6.42 Å². The Bertz CT molecular complexity index is 515. The van der Waals surface area contributed by atoms with Gasteiger partial charge in [0.1, 0.15) is 23.5 Å². The van der Waals surface area contributed by atoms with Crippen LogP contribution in [0.25, 0.3) is 0 Å². The van der Waals surface area contributed by atoms with E-state index in [-0.39, 0.29) is 19.4 Å². The maximum absolute atomic E-state index is 13.5. The van der Waals surface area contributed by atoms with E-state index in [1.165, 1.54) is 0 Å². The number of hydrogen-bond acceptors (Lipinski definition) is 5. The van der Waals surface area contributed by atoms with Crippen LogP contribution in [-0.4, -0.2) is 52.8 Å². The van der Waals surface area contributed by atoms with E-state index in [2.05, 4.69) is 0 Å². The lowest BCUT2D eigenvalue weighted by Gasteiger charge is -2.27. The Labute approximate surface area is 134 Å². The summed E-state index contributed by atoms with van der Waals surface area (Å²) in [6.07, 6.45) is -1.34. The van der Waals surface area contributed by atoms with Crippen molar-refractivity contribution in [3.05, 3.63) is 0 Å². The Kier molecular flexibility index (Phi) is 5.85. The Hall–Kier alpha value is -1.99. The predicted molar refractivity (Wildman–Crippen MR) is 81.6 cm³/mol. The zero-order valence-corrected chi connectivity index (χ0v) is 13.9. The molecule has 3 N–H and O–H groups in total. The molecule has 7 nitrogen and oxygen atoms in total. The number of esters is 1. The number of carbonyl (C=O) groups is 3. The number of nitrogens with zero attached hydrogens (tertiary/aromatic N) is 1. The maximum atomic E-state index is 13.5. The number of nitrogens with one attached hydrogen (secondary N) is 1. The average molecular weight is 329 g/mol. The molecule has 23 heavy (non-hydrogen) atoms. The van der Waals surface area contributed by atoms with Crippen LogP contribution in [0.5, 0.6) is 0 Å². The third-order valence-electron chi connectivity index (χ3n) is 3.54. The first-order chi connectivity index (χ1) is 10.5. The van der Waals surface area contributed by atoms with Crippen LogP contribution in [0.15, 0.2) is 0 Å². The standard InChI is InChI=1S/C15H24FN3O4/c1-5-9(11(17)14(22)23-15(2,3)4)13(21)19-7-8(16)6-10(19)12(18)20/h8-10,17H,5-7H2,1-4H3,(H2,18,20)/t8-,9-,10-/m0/s1. The quantitative estimate of drug-likeness (QED) is 0.573. The van der Waals surface area contributed by atoms with E-state index >= 15 is 0 Å². The Morgan fingerprint density at radius 1 is 1.39 bits per heavy atom. The number of halogens is 1. The highest BCUT2D eigenvalue weighted by molar-refractivity contribution is 6.39. The lowest BCUT2D eigenvalue weighted by Crippen LogP contribution is -2.48. The lowest BCUT2D eigenvalue weighted by molar-refractivity contribution is -0.148. The van der Waals surface area contributed by atoms with Gasteiger partial charge in [0.2, 0.25) is 11.8 Å². The summed E-state index contributed by atoms with van der Waals surface area (Å²) >= 11 is 0. The molecule has 0 saturated carbocycles. The number of ether oxygens (including phenoxy) is 1. The van der Waals surface area contributed by atoms with E-state index in [9.17, 15) is 18.8 Å². The molecule has 1 saturated heterocycles. The molecule has 0 aromatic carbocycles. The van der Waals surface area contributed by atoms with Crippen molar-refractivity contribution in [2.75, 3.05) is 6.54 Å². The minimum absolute atomic E-state index is 0.155. The molecule has 1 fully saturated rings. The van der Waals surface area contributed by atoms with Crippen molar-refractivity contribution >= 4 is 23.5 Å². The van der Waals surface area contributed by atoms with Crippen molar-refractivity contribution in [3.63, 3.8) is 0 Å². The second kappa shape index (κ2) is 7.06. The number of amides is 2. The minimum Gasteiger partial charge on any atom is -0.455 e. The smallest absolute Gasteiger partial charge is 0.353 e. The molecule has 1 aliphatic rings. The lowest BCUT2D eigenvalue weighted by atomic mass is 9.97. The fourth-order valence-corrected chi connectivity index (χ4v) is 2.48. The fraction of sp³-hybridized carbons (Fsp3) is 0.733. The summed E-state index contributed by atoms with van der Waals surface area (Å²) < 4.78 is 18.6. The van der Waals surface area contributed by atoms with Gasteiger partial charge in [0.15, 0.2) is 0 Å². The van der Waals surface area contributed by atoms with Crippen molar-refractivity contribution < 1.29 is 23.5 Å². The number of primary amides is 1. The van der Waals surface area contributed by atoms with Crippen molar-refractivity contribution in [3.8, 4) is 0 Å². The van der Waals surface area contributed by atoms with Gasteiger partial charge in [0.25, 0.3) is 0 Å². The van der Waals surface area contributed by atoms with E-state index in [4.69, 9.17) is 15.9 Å². The Balaban J connectivity index is 2.92. The monoisotopic (exact) mass is 329 g/mol. The summed E-state index contributed by atoms with van der Waals surface area (Å²) in [5.74, 6) is -3.43. The number of rotatable bonds is 5. The van der Waals surface area contributed by atoms with Crippen LogP contribution in [0.4, 0.5) is 4.39 Å². The molecule has 0 aliphatic carbocycles. The SMILES string of the molecule is CC[C@@H](C(=N)C(=O)OC(C)(C)C)C(=O)N1C[C@@H](F)C[C@H]1C(N)=O. The number of nitrogens with two attached hydrogens (primary N) is 1. The van der Waals surface area contributed by atoms with E-state index in [0.717, 1.165) is 4.90 Å². The number of hydrogen-bond donors (Lipinski definition) is 2. The van der Waals surface area contributed by atoms with E-state index in [1.54, 1.807) is 27.7 Å². The Morgan fingerprint density at radius 2 is 1.96 bits per heavy atom. The van der Waals surface area contributed by atoms with Gasteiger partial charge in [-0.25, -0.2) is 9.18 Å². The molecule has 0 spiro atoms. The molecule has 0 radical (unpaired) electrons. The minimum atomic E-state index is -1.34. The molecule has 3 atom stereocenters. The normalized spacial score (nSPS) is 22.6. The van der Waals surface area contributed by atoms with Gasteiger partial charge in [-0.2, -0.15) is 0 Å². The highest BCUT2D eigenvalue weighted by Crippen LogP contribution is 2.24. The molecule has 8 heteroatoms. The van der Waals surface area contributed by atoms with Crippen LogP contribution >= 0.6 is 0 Å². The average Bonchev–Trinajstić information content (AvgIpc) is 2.79. The molecule has 0 aromatic heterocycles. The summed E-state index contributed by atoms with van der Waals surface area (Å²) in [4.78, 5) is 36.9. The third-order valence-corrected chi connectivity index (χ3v) is 3.54. The zero-order valence-electron chi connectivity index (χ0n) is 13.9. The van der Waals surface area contributed by atoms with Crippen molar-refractivity contribution in [2.24, 2.45) is 11.7 Å². The first-order valence-corrected chi connectivity index (χ1v) is 7.53. The maximum Gasteiger partial charge on any atom is 0.353 e. The summed E-state index contributed by atoms with van der Waals surface area (Å²) in [5, 5.41) is 7.92. The Morgan fingerprint density at radius 3 is 2.39 bits per heavy atom. The van der Waals surface area contributed by atoms with Gasteiger partial charge in [-0.05, 0) is 27.2 Å². The molecule has 130 valence electrons. The molecule has 1 heterocycles. The van der Waals surface area contributed by atoms with Gasteiger partial charge >= 0.3 is 5.97 Å². The molecular weight excluding hydrogens is 305 g/mol. The predicted octanol–water partition coefficient (Wildman–Crippen LogP) is 0.798. The number of likely N-dealkylation sites (tertiary alicyclic amines) is 1. The van der Waals surface area contributed by atoms with Crippen LogP contribution in [0.1, 0.15) is 40.5 Å². The number of carbonyl (C=O) groups excluding carboxylic acids is 3. The molecule has 1 aliphatic heterocycles. The van der Waals surface area contributed by atoms with Gasteiger partial charge in [0.05, 0.1) is 12.5 Å². The van der Waals surface area contributed by atoms with E-state index < -0.39 is 47.2 Å². The second-order valence-electron chi connectivity index (χ2n) is 6.62. The molecule has 1 rings (SSSR count). The van der Waals surface area contributed by atoms with Crippen LogP contribution in [0.2, 0.25) is 0 Å². The molecule has 0 unspecified atom stereocenters. The molecular formula is C15H24FN3O4. The highest BCUT2D eigenvalue weighted by atomic mass is 19.1. The molecule has 0 aromatic rings. The van der Waals surface area contributed by atoms with Gasteiger partial charge in [-0.1, -0.05) is 6.92 Å². The van der Waals surface area contributed by atoms with Crippen LogP contribution in [0.3, 0.4) is 0 Å². The van der Waals surface area contributed by atoms with Crippen LogP contribution < -0.4 is 5.73 Å². The van der Waals surface area contributed by atoms with E-state index in [0.29, 0.717) is 0 Å². The fourth-order valence-electron chi connectivity index (χ4n) is 2.48. The molecule has 2 amide bonds.